The Bertz CT molecular complexity index is 1190. The maximum absolute atomic E-state index is 6.06. The van der Waals surface area contributed by atoms with Crippen LogP contribution in [0.1, 0.15) is 18.7 Å². The fourth-order valence-corrected chi connectivity index (χ4v) is 4.56. The van der Waals surface area contributed by atoms with Crippen LogP contribution in [0.2, 0.25) is 10.0 Å². The minimum Gasteiger partial charge on any atom is -0.376 e. The summed E-state index contributed by atoms with van der Waals surface area (Å²) >= 11 is 13.5. The summed E-state index contributed by atoms with van der Waals surface area (Å²) in [4.78, 5) is 4.49. The fraction of sp³-hybridized carbons (Fsp3) is 0.273. The molecule has 1 atom stereocenters. The number of aromatic nitrogens is 5. The molecule has 164 valence electrons. The minimum atomic E-state index is 0.149. The monoisotopic (exact) mass is 487 g/mol. The zero-order valence-electron chi connectivity index (χ0n) is 16.9. The molecule has 0 amide bonds. The third-order valence-corrected chi connectivity index (χ3v) is 6.58. The molecule has 0 spiro atoms. The predicted molar refractivity (Wildman–Crippen MR) is 124 cm³/mol. The molecule has 1 aliphatic rings. The van der Waals surface area contributed by atoms with Crippen molar-refractivity contribution in [2.75, 3.05) is 6.61 Å². The van der Waals surface area contributed by atoms with Crippen LogP contribution in [0.25, 0.3) is 22.8 Å². The molecule has 4 aromatic rings. The van der Waals surface area contributed by atoms with Crippen molar-refractivity contribution in [3.63, 3.8) is 0 Å². The molecule has 2 aromatic carbocycles. The van der Waals surface area contributed by atoms with E-state index >= 15 is 0 Å². The van der Waals surface area contributed by atoms with Crippen LogP contribution in [-0.4, -0.2) is 37.6 Å². The second kappa shape index (κ2) is 9.62. The van der Waals surface area contributed by atoms with E-state index < -0.39 is 0 Å². The Hall–Kier alpha value is -2.39. The average molecular weight is 488 g/mol. The molecule has 3 heterocycles. The Balaban J connectivity index is 1.36. The van der Waals surface area contributed by atoms with E-state index in [0.29, 0.717) is 34.1 Å². The van der Waals surface area contributed by atoms with E-state index in [-0.39, 0.29) is 6.10 Å². The lowest BCUT2D eigenvalue weighted by molar-refractivity contribution is 0.0953. The first kappa shape index (κ1) is 21.5. The molecule has 1 aliphatic heterocycles. The molecule has 7 nitrogen and oxygen atoms in total. The molecule has 0 saturated carbocycles. The molecule has 0 N–H and O–H groups in total. The van der Waals surface area contributed by atoms with Gasteiger partial charge in [0.15, 0.2) is 11.0 Å². The summed E-state index contributed by atoms with van der Waals surface area (Å²) in [6, 6.07) is 14.9. The molecule has 32 heavy (non-hydrogen) atoms. The summed E-state index contributed by atoms with van der Waals surface area (Å²) in [5, 5.41) is 15.1. The zero-order chi connectivity index (χ0) is 21.9. The molecule has 1 fully saturated rings. The molecule has 0 aliphatic carbocycles. The number of rotatable bonds is 7. The SMILES string of the molecule is Clc1ccc(-c2noc(CSc3nnc(-c4ccc(Cl)cc4)n3C[C@@H]3CCCO3)n2)cc1. The lowest BCUT2D eigenvalue weighted by Gasteiger charge is -2.14. The first-order valence-electron chi connectivity index (χ1n) is 10.2. The second-order valence-corrected chi connectivity index (χ2v) is 9.18. The van der Waals surface area contributed by atoms with Gasteiger partial charge >= 0.3 is 0 Å². The van der Waals surface area contributed by atoms with Crippen LogP contribution in [-0.2, 0) is 17.0 Å². The third kappa shape index (κ3) is 4.83. The maximum atomic E-state index is 6.06. The maximum Gasteiger partial charge on any atom is 0.237 e. The average Bonchev–Trinajstić information content (AvgIpc) is 3.56. The van der Waals surface area contributed by atoms with Crippen molar-refractivity contribution in [3.05, 3.63) is 64.5 Å². The Morgan fingerprint density at radius 2 is 1.69 bits per heavy atom. The summed E-state index contributed by atoms with van der Waals surface area (Å²) in [5.74, 6) is 2.30. The first-order chi connectivity index (χ1) is 15.7. The minimum absolute atomic E-state index is 0.149. The second-order valence-electron chi connectivity index (χ2n) is 7.37. The lowest BCUT2D eigenvalue weighted by Crippen LogP contribution is -2.16. The van der Waals surface area contributed by atoms with Gasteiger partial charge in [-0.05, 0) is 61.4 Å². The largest absolute Gasteiger partial charge is 0.376 e. The Morgan fingerprint density at radius 3 is 2.38 bits per heavy atom. The van der Waals surface area contributed by atoms with E-state index in [1.54, 1.807) is 12.1 Å². The zero-order valence-corrected chi connectivity index (χ0v) is 19.3. The molecule has 0 bridgehead atoms. The van der Waals surface area contributed by atoms with Gasteiger partial charge in [0.05, 0.1) is 18.4 Å². The normalized spacial score (nSPS) is 16.0. The Morgan fingerprint density at radius 1 is 0.969 bits per heavy atom. The molecule has 5 rings (SSSR count). The van der Waals surface area contributed by atoms with Crippen LogP contribution < -0.4 is 0 Å². The highest BCUT2D eigenvalue weighted by Gasteiger charge is 2.22. The van der Waals surface area contributed by atoms with Crippen LogP contribution in [0, 0.1) is 0 Å². The quantitative estimate of drug-likeness (QED) is 0.306. The third-order valence-electron chi connectivity index (χ3n) is 5.12. The number of benzene rings is 2. The highest BCUT2D eigenvalue weighted by atomic mass is 35.5. The van der Waals surface area contributed by atoms with Crippen LogP contribution in [0.4, 0.5) is 0 Å². The number of nitrogens with zero attached hydrogens (tertiary/aromatic N) is 5. The number of hydrogen-bond acceptors (Lipinski definition) is 7. The van der Waals surface area contributed by atoms with Gasteiger partial charge in [0.1, 0.15) is 0 Å². The first-order valence-corrected chi connectivity index (χ1v) is 11.9. The van der Waals surface area contributed by atoms with Crippen LogP contribution in [0.5, 0.6) is 0 Å². The smallest absolute Gasteiger partial charge is 0.237 e. The summed E-state index contributed by atoms with van der Waals surface area (Å²) in [7, 11) is 0. The van der Waals surface area contributed by atoms with Gasteiger partial charge in [-0.25, -0.2) is 0 Å². The number of thioether (sulfide) groups is 1. The molecule has 1 saturated heterocycles. The van der Waals surface area contributed by atoms with Gasteiger partial charge in [0, 0.05) is 27.8 Å². The molecule has 10 heteroatoms. The van der Waals surface area contributed by atoms with Gasteiger partial charge in [0.2, 0.25) is 11.7 Å². The highest BCUT2D eigenvalue weighted by Crippen LogP contribution is 2.29. The number of halogens is 2. The van der Waals surface area contributed by atoms with Gasteiger partial charge in [-0.3, -0.25) is 4.57 Å². The van der Waals surface area contributed by atoms with Crippen molar-refractivity contribution in [2.45, 2.75) is 36.4 Å². The van der Waals surface area contributed by atoms with E-state index in [4.69, 9.17) is 32.5 Å². The van der Waals surface area contributed by atoms with Gasteiger partial charge in [0.25, 0.3) is 0 Å². The topological polar surface area (TPSA) is 78.9 Å². The highest BCUT2D eigenvalue weighted by molar-refractivity contribution is 7.98. The van der Waals surface area contributed by atoms with Crippen molar-refractivity contribution in [1.82, 2.24) is 24.9 Å². The van der Waals surface area contributed by atoms with E-state index in [1.165, 1.54) is 11.8 Å². The van der Waals surface area contributed by atoms with Gasteiger partial charge in [-0.15, -0.1) is 10.2 Å². The summed E-state index contributed by atoms with van der Waals surface area (Å²) < 4.78 is 13.4. The molecular formula is C22H19Cl2N5O2S. The van der Waals surface area contributed by atoms with Crippen LogP contribution in [0.3, 0.4) is 0 Å². The van der Waals surface area contributed by atoms with E-state index in [0.717, 1.165) is 41.6 Å². The molecular weight excluding hydrogens is 469 g/mol. The molecule has 2 aromatic heterocycles. The van der Waals surface area contributed by atoms with Crippen molar-refractivity contribution >= 4 is 35.0 Å². The summed E-state index contributed by atoms with van der Waals surface area (Å²) in [6.07, 6.45) is 2.24. The molecule has 0 radical (unpaired) electrons. The summed E-state index contributed by atoms with van der Waals surface area (Å²) in [6.45, 7) is 1.48. The number of hydrogen-bond donors (Lipinski definition) is 0. The fourth-order valence-electron chi connectivity index (χ4n) is 3.52. The van der Waals surface area contributed by atoms with Crippen molar-refractivity contribution in [2.24, 2.45) is 0 Å². The van der Waals surface area contributed by atoms with Crippen molar-refractivity contribution in [3.8, 4) is 22.8 Å². The van der Waals surface area contributed by atoms with E-state index in [2.05, 4.69) is 24.9 Å². The predicted octanol–water partition coefficient (Wildman–Crippen LogP) is 5.77. The lowest BCUT2D eigenvalue weighted by atomic mass is 10.2. The molecule has 0 unspecified atom stereocenters. The van der Waals surface area contributed by atoms with Crippen LogP contribution in [0.15, 0.2) is 58.2 Å². The van der Waals surface area contributed by atoms with Crippen molar-refractivity contribution < 1.29 is 9.26 Å². The number of ether oxygens (including phenoxy) is 1. The van der Waals surface area contributed by atoms with Crippen LogP contribution >= 0.6 is 35.0 Å². The Kier molecular flexibility index (Phi) is 6.45. The van der Waals surface area contributed by atoms with Gasteiger partial charge < -0.3 is 9.26 Å². The van der Waals surface area contributed by atoms with Gasteiger partial charge in [-0.1, -0.05) is 40.1 Å². The Labute approximate surface area is 199 Å². The van der Waals surface area contributed by atoms with Gasteiger partial charge in [-0.2, -0.15) is 4.98 Å². The van der Waals surface area contributed by atoms with E-state index in [1.807, 2.05) is 36.4 Å². The summed E-state index contributed by atoms with van der Waals surface area (Å²) in [5.41, 5.74) is 1.80. The van der Waals surface area contributed by atoms with E-state index in [9.17, 15) is 0 Å². The standard InChI is InChI=1S/C22H19Cl2N5O2S/c23-16-7-3-14(4-8-16)20-25-19(31-28-20)13-32-22-27-26-21(15-5-9-17(24)10-6-15)29(22)12-18-2-1-11-30-18/h3-10,18H,1-2,11-13H2/t18-/m0/s1. The van der Waals surface area contributed by atoms with Crippen molar-refractivity contribution in [1.29, 1.82) is 0 Å².